The number of carbonyl (C=O) groups excluding carboxylic acids is 3. The molecule has 0 spiro atoms. The number of nitrogens with one attached hydrogen (secondary N) is 1. The smallest absolute Gasteiger partial charge is 0.331 e. The number of aromatic hydroxyl groups is 1. The molecule has 2 N–H and O–H groups in total. The predicted octanol–water partition coefficient (Wildman–Crippen LogP) is 1.95. The molecule has 2 aromatic rings. The average Bonchev–Trinajstić information content (AvgIpc) is 3.17. The number of rotatable bonds is 6. The Bertz CT molecular complexity index is 1030. The van der Waals surface area contributed by atoms with Crippen LogP contribution in [-0.4, -0.2) is 39.4 Å². The van der Waals surface area contributed by atoms with Gasteiger partial charge in [0.15, 0.2) is 5.75 Å². The van der Waals surface area contributed by atoms with Gasteiger partial charge in [0.2, 0.25) is 5.75 Å². The largest absolute Gasteiger partial charge is 0.500 e. The molecule has 11 nitrogen and oxygen atoms in total. The van der Waals surface area contributed by atoms with Crippen molar-refractivity contribution in [2.45, 2.75) is 13.5 Å². The molecular weight excluding hydrogens is 386 g/mol. The number of hydrogen-bond donors (Lipinski definition) is 2. The number of ether oxygens (including phenoxy) is 1. The van der Waals surface area contributed by atoms with Crippen molar-refractivity contribution in [3.05, 3.63) is 57.5 Å². The first-order valence-electron chi connectivity index (χ1n) is 8.37. The van der Waals surface area contributed by atoms with Crippen molar-refractivity contribution in [1.29, 1.82) is 0 Å². The Morgan fingerprint density at radius 1 is 1.34 bits per heavy atom. The van der Waals surface area contributed by atoms with Crippen molar-refractivity contribution in [3.8, 4) is 11.5 Å². The van der Waals surface area contributed by atoms with Crippen LogP contribution in [0.3, 0.4) is 0 Å². The fraction of sp³-hybridized carbons (Fsp3) is 0.167. The van der Waals surface area contributed by atoms with Crippen LogP contribution in [0.15, 0.2) is 40.5 Å². The van der Waals surface area contributed by atoms with Gasteiger partial charge in [-0.2, -0.15) is 0 Å². The minimum absolute atomic E-state index is 0.0590. The molecule has 1 saturated heterocycles. The van der Waals surface area contributed by atoms with Gasteiger partial charge in [-0.05, 0) is 36.8 Å². The summed E-state index contributed by atoms with van der Waals surface area (Å²) < 4.78 is 10.3. The Labute approximate surface area is 163 Å². The SMILES string of the molecule is CCOc1cc(C=C2C(=O)NC(=O)N(Cc3ccco3)C2=O)cc([N+](=O)[O-])c1O. The van der Waals surface area contributed by atoms with Crippen LogP contribution < -0.4 is 10.1 Å². The Morgan fingerprint density at radius 3 is 2.72 bits per heavy atom. The zero-order chi connectivity index (χ0) is 21.1. The van der Waals surface area contributed by atoms with Crippen LogP contribution in [0.25, 0.3) is 6.08 Å². The Kier molecular flexibility index (Phi) is 5.30. The Balaban J connectivity index is 2.01. The number of urea groups is 1. The number of amides is 4. The van der Waals surface area contributed by atoms with E-state index in [0.29, 0.717) is 5.76 Å². The Morgan fingerprint density at radius 2 is 2.10 bits per heavy atom. The summed E-state index contributed by atoms with van der Waals surface area (Å²) in [4.78, 5) is 48.0. The van der Waals surface area contributed by atoms with Crippen molar-refractivity contribution >= 4 is 29.6 Å². The van der Waals surface area contributed by atoms with E-state index in [0.717, 1.165) is 17.0 Å². The third-order valence-electron chi connectivity index (χ3n) is 3.96. The number of carbonyl (C=O) groups is 3. The lowest BCUT2D eigenvalue weighted by Crippen LogP contribution is -2.53. The first-order chi connectivity index (χ1) is 13.8. The van der Waals surface area contributed by atoms with E-state index < -0.39 is 39.8 Å². The van der Waals surface area contributed by atoms with Crippen molar-refractivity contribution < 1.29 is 33.6 Å². The molecule has 150 valence electrons. The summed E-state index contributed by atoms with van der Waals surface area (Å²) in [6.45, 7) is 1.53. The van der Waals surface area contributed by atoms with E-state index >= 15 is 0 Å². The van der Waals surface area contributed by atoms with E-state index in [1.54, 1.807) is 19.1 Å². The van der Waals surface area contributed by atoms with Crippen LogP contribution in [-0.2, 0) is 16.1 Å². The van der Waals surface area contributed by atoms with Crippen molar-refractivity contribution in [1.82, 2.24) is 10.2 Å². The molecule has 1 aliphatic heterocycles. The molecule has 0 unspecified atom stereocenters. The number of phenols is 1. The van der Waals surface area contributed by atoms with Crippen molar-refractivity contribution in [2.75, 3.05) is 6.61 Å². The third kappa shape index (κ3) is 3.93. The van der Waals surface area contributed by atoms with Crippen LogP contribution in [0, 0.1) is 10.1 Å². The van der Waals surface area contributed by atoms with Crippen LogP contribution in [0.2, 0.25) is 0 Å². The summed E-state index contributed by atoms with van der Waals surface area (Å²) in [7, 11) is 0. The van der Waals surface area contributed by atoms with Gasteiger partial charge in [0.05, 0.1) is 24.3 Å². The summed E-state index contributed by atoms with van der Waals surface area (Å²) >= 11 is 0. The molecule has 0 atom stereocenters. The molecule has 1 aromatic heterocycles. The topological polar surface area (TPSA) is 152 Å². The van der Waals surface area contributed by atoms with Gasteiger partial charge in [-0.15, -0.1) is 0 Å². The summed E-state index contributed by atoms with van der Waals surface area (Å²) in [5, 5.41) is 23.2. The molecule has 4 amide bonds. The number of nitro groups is 1. The molecule has 29 heavy (non-hydrogen) atoms. The highest BCUT2D eigenvalue weighted by atomic mass is 16.6. The summed E-state index contributed by atoms with van der Waals surface area (Å²) in [6.07, 6.45) is 2.45. The minimum atomic E-state index is -0.954. The van der Waals surface area contributed by atoms with Gasteiger partial charge >= 0.3 is 11.7 Å². The first kappa shape index (κ1) is 19.6. The minimum Gasteiger partial charge on any atom is -0.500 e. The number of hydrogen-bond acceptors (Lipinski definition) is 8. The second kappa shape index (κ2) is 7.84. The van der Waals surface area contributed by atoms with Crippen molar-refractivity contribution in [3.63, 3.8) is 0 Å². The number of nitrogens with zero attached hydrogens (tertiary/aromatic N) is 2. The molecule has 0 aliphatic carbocycles. The number of phenolic OH excluding ortho intramolecular Hbond substituents is 1. The monoisotopic (exact) mass is 401 g/mol. The maximum Gasteiger partial charge on any atom is 0.331 e. The number of nitro benzene ring substituents is 1. The van der Waals surface area contributed by atoms with E-state index in [1.807, 2.05) is 5.32 Å². The van der Waals surface area contributed by atoms with Gasteiger partial charge in [-0.25, -0.2) is 4.79 Å². The van der Waals surface area contributed by atoms with E-state index in [1.165, 1.54) is 12.3 Å². The van der Waals surface area contributed by atoms with Crippen LogP contribution in [0.1, 0.15) is 18.2 Å². The third-order valence-corrected chi connectivity index (χ3v) is 3.96. The molecule has 0 bridgehead atoms. The molecule has 3 rings (SSSR count). The first-order valence-corrected chi connectivity index (χ1v) is 8.37. The summed E-state index contributed by atoms with van der Waals surface area (Å²) in [6, 6.07) is 4.44. The Hall–Kier alpha value is -4.15. The maximum atomic E-state index is 12.7. The average molecular weight is 401 g/mol. The van der Waals surface area contributed by atoms with Gasteiger partial charge in [0.1, 0.15) is 11.3 Å². The molecule has 0 saturated carbocycles. The molecule has 2 heterocycles. The van der Waals surface area contributed by atoms with Crippen LogP contribution >= 0.6 is 0 Å². The molecule has 0 radical (unpaired) electrons. The number of furan rings is 1. The van der Waals surface area contributed by atoms with E-state index in [-0.39, 0.29) is 24.5 Å². The fourth-order valence-corrected chi connectivity index (χ4v) is 2.66. The lowest BCUT2D eigenvalue weighted by molar-refractivity contribution is -0.386. The van der Waals surface area contributed by atoms with Gasteiger partial charge < -0.3 is 14.3 Å². The standard InChI is InChI=1S/C18H15N3O8/c1-2-28-14-8-10(7-13(15(14)22)21(26)27)6-12-16(23)19-18(25)20(17(12)24)9-11-4-3-5-29-11/h3-8,22H,2,9H2,1H3,(H,19,23,25). The van der Waals surface area contributed by atoms with Gasteiger partial charge in [0.25, 0.3) is 11.8 Å². The van der Waals surface area contributed by atoms with E-state index in [4.69, 9.17) is 9.15 Å². The normalized spacial score (nSPS) is 15.6. The lowest BCUT2D eigenvalue weighted by atomic mass is 10.1. The quantitative estimate of drug-likeness (QED) is 0.322. The number of barbiturate groups is 1. The van der Waals surface area contributed by atoms with E-state index in [2.05, 4.69) is 0 Å². The predicted molar refractivity (Wildman–Crippen MR) is 96.7 cm³/mol. The van der Waals surface area contributed by atoms with Crippen LogP contribution in [0.5, 0.6) is 11.5 Å². The maximum absolute atomic E-state index is 12.7. The molecule has 1 aromatic carbocycles. The zero-order valence-electron chi connectivity index (χ0n) is 15.1. The van der Waals surface area contributed by atoms with Gasteiger partial charge in [-0.3, -0.25) is 29.9 Å². The van der Waals surface area contributed by atoms with Gasteiger partial charge in [0, 0.05) is 6.07 Å². The number of imide groups is 2. The van der Waals surface area contributed by atoms with Crippen molar-refractivity contribution in [2.24, 2.45) is 0 Å². The highest BCUT2D eigenvalue weighted by molar-refractivity contribution is 6.30. The zero-order valence-corrected chi connectivity index (χ0v) is 15.1. The molecule has 11 heteroatoms. The fourth-order valence-electron chi connectivity index (χ4n) is 2.66. The van der Waals surface area contributed by atoms with Gasteiger partial charge in [-0.1, -0.05) is 0 Å². The highest BCUT2D eigenvalue weighted by Crippen LogP contribution is 2.38. The summed E-state index contributed by atoms with van der Waals surface area (Å²) in [5.74, 6) is -2.39. The second-order valence-electron chi connectivity index (χ2n) is 5.86. The number of benzene rings is 1. The molecular formula is C18H15N3O8. The molecule has 1 fully saturated rings. The van der Waals surface area contributed by atoms with E-state index in [9.17, 15) is 29.6 Å². The second-order valence-corrected chi connectivity index (χ2v) is 5.86. The lowest BCUT2D eigenvalue weighted by Gasteiger charge is -2.25. The molecule has 1 aliphatic rings. The highest BCUT2D eigenvalue weighted by Gasteiger charge is 2.36. The summed E-state index contributed by atoms with van der Waals surface area (Å²) in [5.41, 5.74) is -1.02. The van der Waals surface area contributed by atoms with Crippen LogP contribution in [0.4, 0.5) is 10.5 Å².